The van der Waals surface area contributed by atoms with Crippen molar-refractivity contribution in [1.82, 2.24) is 24.9 Å². The van der Waals surface area contributed by atoms with Gasteiger partial charge >= 0.3 is 0 Å². The van der Waals surface area contributed by atoms with Crippen LogP contribution in [0.2, 0.25) is 0 Å². The number of carbonyl (C=O) groups is 4. The molecule has 0 fully saturated rings. The van der Waals surface area contributed by atoms with Gasteiger partial charge in [-0.05, 0) is 145 Å². The van der Waals surface area contributed by atoms with E-state index in [0.29, 0.717) is 0 Å². The Bertz CT molecular complexity index is 5030. The van der Waals surface area contributed by atoms with Crippen LogP contribution in [0.4, 0.5) is 0 Å². The van der Waals surface area contributed by atoms with Gasteiger partial charge in [0, 0.05) is 155 Å². The third kappa shape index (κ3) is 34.6. The first-order valence-corrected chi connectivity index (χ1v) is 34.6. The summed E-state index contributed by atoms with van der Waals surface area (Å²) in [5.74, 6) is -0.250. The molecule has 15 aromatic rings. The average molecular weight is 2390 g/mol. The van der Waals surface area contributed by atoms with Crippen LogP contribution in [-0.2, 0) is 120 Å². The van der Waals surface area contributed by atoms with Crippen molar-refractivity contribution in [2.24, 2.45) is 0 Å². The van der Waals surface area contributed by atoms with Gasteiger partial charge in [0.2, 0.25) is 0 Å². The Kier molecular flexibility index (Phi) is 46.9. The molecule has 0 aliphatic heterocycles. The molecular formula is C93H80Ir5N5O8S-5. The number of aliphatic hydroxyl groups excluding tert-OH is 4. The van der Waals surface area contributed by atoms with Crippen LogP contribution in [0, 0.1) is 30.3 Å². The van der Waals surface area contributed by atoms with Gasteiger partial charge in [-0.25, -0.2) is 11.3 Å². The number of aromatic nitrogens is 5. The summed E-state index contributed by atoms with van der Waals surface area (Å²) in [6.45, 7) is 11.4. The molecule has 19 heteroatoms. The zero-order chi connectivity index (χ0) is 76.7. The van der Waals surface area contributed by atoms with Gasteiger partial charge in [0.25, 0.3) is 0 Å². The zero-order valence-corrected chi connectivity index (χ0v) is 75.0. The molecule has 0 saturated carbocycles. The maximum absolute atomic E-state index is 10.0. The molecule has 112 heavy (non-hydrogen) atoms. The minimum absolute atomic E-state index is 0. The van der Waals surface area contributed by atoms with E-state index in [2.05, 4.69) is 128 Å². The fraction of sp³-hybridized carbons (Fsp3) is 0.0860. The number of hydrogen-bond donors (Lipinski definition) is 4. The van der Waals surface area contributed by atoms with E-state index >= 15 is 0 Å². The molecule has 0 aliphatic carbocycles. The van der Waals surface area contributed by atoms with E-state index in [1.165, 1.54) is 127 Å². The second kappa shape index (κ2) is 53.7. The summed E-state index contributed by atoms with van der Waals surface area (Å²) in [5.41, 5.74) is 10.2. The molecule has 0 aliphatic rings. The quantitative estimate of drug-likeness (QED) is 0.0602. The van der Waals surface area contributed by atoms with Crippen LogP contribution in [0.25, 0.3) is 109 Å². The number of aliphatic hydroxyl groups is 4. The van der Waals surface area contributed by atoms with Gasteiger partial charge in [-0.1, -0.05) is 145 Å². The van der Waals surface area contributed by atoms with Crippen LogP contribution in [-0.4, -0.2) is 68.5 Å². The van der Waals surface area contributed by atoms with Gasteiger partial charge in [-0.2, -0.15) is 0 Å². The summed E-state index contributed by atoms with van der Waals surface area (Å²) < 4.78 is 1.26. The first-order valence-electron chi connectivity index (χ1n) is 33.8. The van der Waals surface area contributed by atoms with E-state index < -0.39 is 0 Å². The number of carbonyl (C=O) groups excluding carboxylic acids is 4. The second-order valence-electron chi connectivity index (χ2n) is 23.5. The Morgan fingerprint density at radius 2 is 0.705 bits per heavy atom. The van der Waals surface area contributed by atoms with Gasteiger partial charge in [0.1, 0.15) is 0 Å². The summed E-state index contributed by atoms with van der Waals surface area (Å²) in [7, 11) is 0. The molecule has 5 radical (unpaired) electrons. The number of ketones is 4. The van der Waals surface area contributed by atoms with Crippen molar-refractivity contribution >= 4 is 87.8 Å². The monoisotopic (exact) mass is 2390 g/mol. The van der Waals surface area contributed by atoms with Crippen molar-refractivity contribution in [2.45, 2.75) is 55.4 Å². The van der Waals surface area contributed by atoms with Crippen molar-refractivity contribution in [1.29, 1.82) is 0 Å². The summed E-state index contributed by atoms with van der Waals surface area (Å²) >= 11 is 1.73. The molecule has 6 aromatic heterocycles. The fourth-order valence-corrected chi connectivity index (χ4v) is 11.1. The van der Waals surface area contributed by atoms with Crippen LogP contribution in [0.5, 0.6) is 0 Å². The standard InChI is InChI=1S/4C15H10N.C13H8NS.4C5H8O2.5Ir/c1-2-8-13-12(6-1)7-5-9-14(13)15-10-3-4-11-16-15;2*1-2-7-13(8-3-1)15-14-9-5-4-6-12(14)10-11-16-15;1-2-6-12(7-3-1)15-11-10-13-8-4-5-9-14(13)16-15;1-2-7-12-10(5-1)9-13(15-12)11-6-3-4-8-14-11;4*1-4(6)3-5(2)7;;;;;/h1-8,10-11H;2*1-7,9-11H;1-6,8-11H;1-8H;4*3,6H,1-2H3;;;;;/q5*-1;;;;;;;;;. The summed E-state index contributed by atoms with van der Waals surface area (Å²) in [6, 6.07) is 105. The Morgan fingerprint density at radius 1 is 0.321 bits per heavy atom. The normalized spacial score (nSPS) is 10.3. The Hall–Kier alpha value is -10.2. The number of fused-ring (bicyclic) bond motifs is 5. The molecular weight excluding hydrogens is 2310 g/mol. The number of allylic oxidation sites excluding steroid dienone is 8. The molecule has 581 valence electrons. The number of nitrogens with zero attached hydrogens (tertiary/aromatic N) is 5. The van der Waals surface area contributed by atoms with E-state index in [-0.39, 0.29) is 147 Å². The number of rotatable bonds is 9. The van der Waals surface area contributed by atoms with Gasteiger partial charge in [-0.15, -0.1) is 160 Å². The van der Waals surface area contributed by atoms with Gasteiger partial charge in [-0.3, -0.25) is 24.2 Å². The number of benzene rings is 9. The maximum atomic E-state index is 10.0. The number of para-hydroxylation sites is 1. The summed E-state index contributed by atoms with van der Waals surface area (Å²) in [4.78, 5) is 63.4. The topological polar surface area (TPSA) is 214 Å². The maximum Gasteiger partial charge on any atom is 0.155 e. The molecule has 6 heterocycles. The summed E-state index contributed by atoms with van der Waals surface area (Å²) in [5, 5.41) is 43.0. The van der Waals surface area contributed by atoms with Crippen molar-refractivity contribution in [3.05, 3.63) is 369 Å². The van der Waals surface area contributed by atoms with E-state index in [1.54, 1.807) is 11.3 Å². The fourth-order valence-electron chi connectivity index (χ4n) is 10.1. The minimum atomic E-state index is -0.125. The summed E-state index contributed by atoms with van der Waals surface area (Å²) in [6.07, 6.45) is 12.0. The van der Waals surface area contributed by atoms with Crippen LogP contribution in [0.3, 0.4) is 0 Å². The van der Waals surface area contributed by atoms with Gasteiger partial charge < -0.3 is 40.4 Å². The zero-order valence-electron chi connectivity index (χ0n) is 62.3. The molecule has 0 atom stereocenters. The van der Waals surface area contributed by atoms with E-state index in [4.69, 9.17) is 20.4 Å². The SMILES string of the molecule is CC(=O)C=C(C)O.CC(=O)C=C(C)O.CC(=O)C=C(C)O.CC(=O)C=C(C)O.[Ir].[Ir].[Ir].[Ir].[Ir].[c-]1c(-c2ccccn2)sc2ccccc12.[c-]1ccc2ccccc2c1-c1ccccn1.[c-]1ccccc1-c1ccc2ccccc2n1.[c-]1ccccc1-c1nccc2ccccc12.[c-]1ccccc1-c1nccc2ccccc12. The molecule has 0 bridgehead atoms. The smallest absolute Gasteiger partial charge is 0.155 e. The van der Waals surface area contributed by atoms with E-state index in [0.717, 1.165) is 61.1 Å². The number of thiophene rings is 1. The van der Waals surface area contributed by atoms with Crippen molar-refractivity contribution in [3.63, 3.8) is 0 Å². The molecule has 0 unspecified atom stereocenters. The molecule has 0 amide bonds. The van der Waals surface area contributed by atoms with Crippen LogP contribution in [0.15, 0.2) is 339 Å². The van der Waals surface area contributed by atoms with E-state index in [9.17, 15) is 19.2 Å². The Morgan fingerprint density at radius 3 is 1.12 bits per heavy atom. The molecule has 0 saturated heterocycles. The largest absolute Gasteiger partial charge is 0.512 e. The predicted octanol–water partition coefficient (Wildman–Crippen LogP) is 22.7. The average Bonchev–Trinajstić information content (AvgIpc) is 1.28. The first-order chi connectivity index (χ1) is 51.7. The van der Waals surface area contributed by atoms with E-state index in [1.807, 2.05) is 219 Å². The molecule has 15 rings (SSSR count). The van der Waals surface area contributed by atoms with Crippen LogP contribution < -0.4 is 0 Å². The molecule has 9 aromatic carbocycles. The second-order valence-corrected chi connectivity index (χ2v) is 24.5. The molecule has 0 spiro atoms. The third-order valence-electron chi connectivity index (χ3n) is 14.4. The number of hydrogen-bond acceptors (Lipinski definition) is 14. The van der Waals surface area contributed by atoms with Gasteiger partial charge in [0.15, 0.2) is 23.1 Å². The van der Waals surface area contributed by atoms with Crippen molar-refractivity contribution < 1.29 is 140 Å². The Balaban J connectivity index is 0.000000435. The first kappa shape index (κ1) is 97.9. The van der Waals surface area contributed by atoms with Crippen molar-refractivity contribution in [2.75, 3.05) is 0 Å². The Labute approximate surface area is 726 Å². The predicted molar refractivity (Wildman–Crippen MR) is 436 cm³/mol. The van der Waals surface area contributed by atoms with Crippen molar-refractivity contribution in [3.8, 4) is 55.6 Å². The molecule has 4 N–H and O–H groups in total. The van der Waals surface area contributed by atoms with Gasteiger partial charge in [0.05, 0.1) is 28.6 Å². The minimum Gasteiger partial charge on any atom is -0.512 e. The van der Waals surface area contributed by atoms with Crippen LogP contribution in [0.1, 0.15) is 55.4 Å². The molecule has 13 nitrogen and oxygen atoms in total. The number of pyridine rings is 5. The van der Waals surface area contributed by atoms with Crippen LogP contribution >= 0.6 is 11.3 Å². The third-order valence-corrected chi connectivity index (χ3v) is 15.5.